The second-order valence-electron chi connectivity index (χ2n) is 9.80. The Bertz CT molecular complexity index is 985. The third-order valence-electron chi connectivity index (χ3n) is 6.05. The van der Waals surface area contributed by atoms with Gasteiger partial charge in [-0.05, 0) is 76.5 Å². The maximum atomic E-state index is 13.4. The van der Waals surface area contributed by atoms with Crippen LogP contribution in [0.2, 0.25) is 0 Å². The van der Waals surface area contributed by atoms with E-state index >= 15 is 0 Å². The Morgan fingerprint density at radius 3 is 2.23 bits per heavy atom. The van der Waals surface area contributed by atoms with Gasteiger partial charge in [-0.2, -0.15) is 0 Å². The largest absolute Gasteiger partial charge is 0.497 e. The minimum atomic E-state index is -0.603. The van der Waals surface area contributed by atoms with Crippen molar-refractivity contribution in [2.24, 2.45) is 0 Å². The van der Waals surface area contributed by atoms with Gasteiger partial charge in [-0.1, -0.05) is 52.8 Å². The molecule has 0 aromatic heterocycles. The predicted molar refractivity (Wildman–Crippen MR) is 144 cm³/mol. The van der Waals surface area contributed by atoms with E-state index in [-0.39, 0.29) is 29.9 Å². The number of rotatable bonds is 11. The normalized spacial score (nSPS) is 13.0. The van der Waals surface area contributed by atoms with Crippen molar-refractivity contribution in [3.63, 3.8) is 0 Å². The number of ether oxygens (including phenoxy) is 2. The molecule has 35 heavy (non-hydrogen) atoms. The molecule has 0 aliphatic rings. The van der Waals surface area contributed by atoms with Crippen molar-refractivity contribution in [1.82, 2.24) is 10.2 Å². The summed E-state index contributed by atoms with van der Waals surface area (Å²) in [6, 6.07) is 12.8. The molecule has 2 amide bonds. The molecule has 0 aliphatic carbocycles. The number of nitrogens with zero attached hydrogens (tertiary/aromatic N) is 1. The summed E-state index contributed by atoms with van der Waals surface area (Å²) in [4.78, 5) is 28.1. The Morgan fingerprint density at radius 1 is 1.06 bits per heavy atom. The molecule has 0 fully saturated rings. The summed E-state index contributed by atoms with van der Waals surface area (Å²) in [7, 11) is 1.61. The molecule has 2 atom stereocenters. The highest BCUT2D eigenvalue weighted by molar-refractivity contribution is 9.10. The van der Waals surface area contributed by atoms with Crippen molar-refractivity contribution >= 4 is 27.7 Å². The summed E-state index contributed by atoms with van der Waals surface area (Å²) < 4.78 is 11.9. The summed E-state index contributed by atoms with van der Waals surface area (Å²) in [6.07, 6.45) is 1.31. The fraction of sp³-hybridized carbons (Fsp3) is 0.500. The number of carbonyl (C=O) groups excluding carboxylic acids is 2. The molecule has 0 bridgehead atoms. The quantitative estimate of drug-likeness (QED) is 0.383. The maximum Gasteiger partial charge on any atom is 0.261 e. The monoisotopic (exact) mass is 546 g/mol. The van der Waals surface area contributed by atoms with Crippen LogP contribution in [0.15, 0.2) is 46.9 Å². The molecule has 1 N–H and O–H groups in total. The Kier molecular flexibility index (Phi) is 10.6. The summed E-state index contributed by atoms with van der Waals surface area (Å²) in [5, 5.41) is 3.02. The molecule has 0 aliphatic heterocycles. The molecule has 6 nitrogen and oxygen atoms in total. The molecule has 0 saturated carbocycles. The van der Waals surface area contributed by atoms with E-state index in [4.69, 9.17) is 9.47 Å². The molecule has 0 saturated heterocycles. The summed E-state index contributed by atoms with van der Waals surface area (Å²) in [5.41, 5.74) is 2.07. The van der Waals surface area contributed by atoms with E-state index < -0.39 is 6.04 Å². The molecule has 192 valence electrons. The van der Waals surface area contributed by atoms with Crippen molar-refractivity contribution in [3.8, 4) is 11.5 Å². The third kappa shape index (κ3) is 8.27. The van der Waals surface area contributed by atoms with E-state index in [0.29, 0.717) is 18.7 Å². The van der Waals surface area contributed by atoms with Gasteiger partial charge in [0.1, 0.15) is 17.5 Å². The van der Waals surface area contributed by atoms with Gasteiger partial charge in [0.2, 0.25) is 5.91 Å². The average molecular weight is 548 g/mol. The van der Waals surface area contributed by atoms with Gasteiger partial charge in [0.05, 0.1) is 11.6 Å². The van der Waals surface area contributed by atoms with Crippen molar-refractivity contribution in [3.05, 3.63) is 58.1 Å². The van der Waals surface area contributed by atoms with Crippen LogP contribution in [0, 0.1) is 0 Å². The lowest BCUT2D eigenvalue weighted by atomic mass is 9.87. The van der Waals surface area contributed by atoms with Gasteiger partial charge in [-0.25, -0.2) is 0 Å². The zero-order chi connectivity index (χ0) is 26.2. The van der Waals surface area contributed by atoms with Crippen LogP contribution >= 0.6 is 15.9 Å². The highest BCUT2D eigenvalue weighted by Crippen LogP contribution is 2.31. The van der Waals surface area contributed by atoms with Gasteiger partial charge < -0.3 is 19.7 Å². The lowest BCUT2D eigenvalue weighted by Crippen LogP contribution is -2.51. The fourth-order valence-corrected chi connectivity index (χ4v) is 4.09. The van der Waals surface area contributed by atoms with E-state index in [1.807, 2.05) is 63.2 Å². The highest BCUT2D eigenvalue weighted by atomic mass is 79.9. The predicted octanol–water partition coefficient (Wildman–Crippen LogP) is 5.86. The lowest BCUT2D eigenvalue weighted by Gasteiger charge is -2.31. The number of hydrogen-bond acceptors (Lipinski definition) is 4. The molecule has 2 aromatic carbocycles. The van der Waals surface area contributed by atoms with Gasteiger partial charge in [0.25, 0.3) is 5.91 Å². The molecular formula is C28H39BrN2O4. The van der Waals surface area contributed by atoms with Gasteiger partial charge in [-0.15, -0.1) is 0 Å². The van der Waals surface area contributed by atoms with Gasteiger partial charge in [-0.3, -0.25) is 9.59 Å². The van der Waals surface area contributed by atoms with E-state index in [9.17, 15) is 9.59 Å². The number of benzene rings is 2. The molecule has 2 aromatic rings. The standard InChI is InChI=1S/C28H39BrN2O4/c1-8-19(3)30-27(33)24(9-2)31(17-20-10-13-22(34-7)14-11-20)26(32)18-35-25-15-12-21(16-23(25)29)28(4,5)6/h10-16,19,24H,8-9,17-18H2,1-7H3,(H,30,33). The Labute approximate surface area is 218 Å². The van der Waals surface area contributed by atoms with Gasteiger partial charge in [0, 0.05) is 12.6 Å². The van der Waals surface area contributed by atoms with Crippen LogP contribution in [0.3, 0.4) is 0 Å². The number of carbonyl (C=O) groups is 2. The Balaban J connectivity index is 2.25. The molecular weight excluding hydrogens is 508 g/mol. The number of hydrogen-bond donors (Lipinski definition) is 1. The first-order valence-corrected chi connectivity index (χ1v) is 12.9. The zero-order valence-electron chi connectivity index (χ0n) is 22.0. The second-order valence-corrected chi connectivity index (χ2v) is 10.6. The lowest BCUT2D eigenvalue weighted by molar-refractivity contribution is -0.143. The topological polar surface area (TPSA) is 67.9 Å². The SMILES string of the molecule is CCC(C)NC(=O)C(CC)N(Cc1ccc(OC)cc1)C(=O)COc1ccc(C(C)(C)C)cc1Br. The third-order valence-corrected chi connectivity index (χ3v) is 6.67. The van der Waals surface area contributed by atoms with E-state index in [1.165, 1.54) is 0 Å². The van der Waals surface area contributed by atoms with Crippen molar-refractivity contribution in [2.75, 3.05) is 13.7 Å². The van der Waals surface area contributed by atoms with E-state index in [1.54, 1.807) is 12.0 Å². The van der Waals surface area contributed by atoms with Crippen molar-refractivity contribution < 1.29 is 19.1 Å². The molecule has 2 rings (SSSR count). The van der Waals surface area contributed by atoms with Crippen LogP contribution in [-0.2, 0) is 21.5 Å². The van der Waals surface area contributed by atoms with Gasteiger partial charge in [0.15, 0.2) is 6.61 Å². The van der Waals surface area contributed by atoms with Gasteiger partial charge >= 0.3 is 0 Å². The van der Waals surface area contributed by atoms with Crippen LogP contribution in [0.1, 0.15) is 65.5 Å². The minimum Gasteiger partial charge on any atom is -0.497 e. The van der Waals surface area contributed by atoms with Crippen LogP contribution in [0.4, 0.5) is 0 Å². The minimum absolute atomic E-state index is 0.00334. The first-order valence-electron chi connectivity index (χ1n) is 12.2. The molecule has 7 heteroatoms. The average Bonchev–Trinajstić information content (AvgIpc) is 2.82. The van der Waals surface area contributed by atoms with Crippen molar-refractivity contribution in [1.29, 1.82) is 0 Å². The number of methoxy groups -OCH3 is 1. The number of amides is 2. The van der Waals surface area contributed by atoms with Crippen molar-refractivity contribution in [2.45, 2.75) is 78.4 Å². The molecule has 0 radical (unpaired) electrons. The van der Waals surface area contributed by atoms with Crippen LogP contribution in [0.25, 0.3) is 0 Å². The Hall–Kier alpha value is -2.54. The zero-order valence-corrected chi connectivity index (χ0v) is 23.6. The maximum absolute atomic E-state index is 13.4. The summed E-state index contributed by atoms with van der Waals surface area (Å²) >= 11 is 3.57. The molecule has 0 spiro atoms. The van der Waals surface area contributed by atoms with E-state index in [2.05, 4.69) is 42.0 Å². The van der Waals surface area contributed by atoms with Crippen LogP contribution < -0.4 is 14.8 Å². The number of nitrogens with one attached hydrogen (secondary N) is 1. The smallest absolute Gasteiger partial charge is 0.261 e. The van der Waals surface area contributed by atoms with Crippen LogP contribution in [-0.4, -0.2) is 42.5 Å². The van der Waals surface area contributed by atoms with E-state index in [0.717, 1.165) is 27.8 Å². The summed E-state index contributed by atoms with van der Waals surface area (Å²) in [6.45, 7) is 12.4. The number of halogens is 1. The Morgan fingerprint density at radius 2 is 1.71 bits per heavy atom. The first-order chi connectivity index (χ1) is 16.5. The van der Waals surface area contributed by atoms with Crippen LogP contribution in [0.5, 0.6) is 11.5 Å². The summed E-state index contributed by atoms with van der Waals surface area (Å²) in [5.74, 6) is 0.922. The molecule has 2 unspecified atom stereocenters. The highest BCUT2D eigenvalue weighted by Gasteiger charge is 2.29. The molecule has 0 heterocycles. The second kappa shape index (κ2) is 13.0. The first kappa shape index (κ1) is 28.7. The fourth-order valence-electron chi connectivity index (χ4n) is 3.60.